The maximum atomic E-state index is 13.2. The zero-order chi connectivity index (χ0) is 23.1. The van der Waals surface area contributed by atoms with E-state index >= 15 is 0 Å². The summed E-state index contributed by atoms with van der Waals surface area (Å²) in [6.07, 6.45) is 5.08. The van der Waals surface area contributed by atoms with Crippen LogP contribution in [-0.2, 0) is 4.79 Å². The molecule has 1 saturated heterocycles. The summed E-state index contributed by atoms with van der Waals surface area (Å²) in [5, 5.41) is 11.9. The molecule has 1 aromatic carbocycles. The molecule has 1 unspecified atom stereocenters. The van der Waals surface area contributed by atoms with Gasteiger partial charge in [-0.25, -0.2) is 9.97 Å². The highest BCUT2D eigenvalue weighted by atomic mass is 16.2. The molecule has 1 aliphatic carbocycles. The molecule has 1 atom stereocenters. The standard InChI is InChI=1S/C24H25N7O2/c1-30(2)17-7-5-15(6-8-17)19-11-27-22-21(28-19)18(10-26-22)23(32)29-20(16-3-4-16)24(33)31-12-14(9-25)13-31/h5-8,10-11,14,16,20H,3-4,12-13H2,1-2H3,(H,26,27)(H,29,32). The highest BCUT2D eigenvalue weighted by molar-refractivity contribution is 6.06. The van der Waals surface area contributed by atoms with E-state index in [1.165, 1.54) is 0 Å². The minimum absolute atomic E-state index is 0.107. The molecule has 0 bridgehead atoms. The topological polar surface area (TPSA) is 118 Å². The van der Waals surface area contributed by atoms with Gasteiger partial charge in [-0.3, -0.25) is 9.59 Å². The number of aromatic amines is 1. The van der Waals surface area contributed by atoms with Gasteiger partial charge in [0.2, 0.25) is 5.91 Å². The van der Waals surface area contributed by atoms with Crippen LogP contribution in [0.2, 0.25) is 0 Å². The Morgan fingerprint density at radius 2 is 1.97 bits per heavy atom. The molecule has 0 spiro atoms. The highest BCUT2D eigenvalue weighted by Gasteiger charge is 2.42. The van der Waals surface area contributed by atoms with Crippen LogP contribution in [0.25, 0.3) is 22.4 Å². The molecule has 0 radical (unpaired) electrons. The number of carbonyl (C=O) groups is 2. The number of amides is 2. The average Bonchev–Trinajstić information content (AvgIpc) is 3.54. The molecule has 2 fully saturated rings. The monoisotopic (exact) mass is 443 g/mol. The number of hydrogen-bond acceptors (Lipinski definition) is 6. The number of fused-ring (bicyclic) bond motifs is 1. The van der Waals surface area contributed by atoms with Gasteiger partial charge in [0.25, 0.3) is 5.91 Å². The first-order valence-electron chi connectivity index (χ1n) is 11.1. The number of H-pyrrole nitrogens is 1. The van der Waals surface area contributed by atoms with E-state index in [1.807, 2.05) is 43.3 Å². The van der Waals surface area contributed by atoms with E-state index in [9.17, 15) is 9.59 Å². The van der Waals surface area contributed by atoms with E-state index in [2.05, 4.69) is 21.4 Å². The van der Waals surface area contributed by atoms with Gasteiger partial charge >= 0.3 is 0 Å². The molecule has 9 heteroatoms. The Bertz CT molecular complexity index is 1250. The SMILES string of the molecule is CN(C)c1ccc(-c2cnc3[nH]cc(C(=O)NC(C(=O)N4CC(C#N)C4)C4CC4)c3n2)cc1. The zero-order valence-electron chi connectivity index (χ0n) is 18.6. The van der Waals surface area contributed by atoms with Crippen molar-refractivity contribution >= 4 is 28.7 Å². The molecule has 3 aromatic rings. The normalized spacial score (nSPS) is 16.7. The fourth-order valence-electron chi connectivity index (χ4n) is 4.10. The molecular formula is C24H25N7O2. The third kappa shape index (κ3) is 4.00. The quantitative estimate of drug-likeness (QED) is 0.603. The lowest BCUT2D eigenvalue weighted by Crippen LogP contribution is -2.57. The van der Waals surface area contributed by atoms with Crippen molar-refractivity contribution in [2.45, 2.75) is 18.9 Å². The molecule has 2 N–H and O–H groups in total. The van der Waals surface area contributed by atoms with Gasteiger partial charge < -0.3 is 20.1 Å². The lowest BCUT2D eigenvalue weighted by Gasteiger charge is -2.37. The first-order chi connectivity index (χ1) is 15.9. The predicted molar refractivity (Wildman–Crippen MR) is 123 cm³/mol. The minimum Gasteiger partial charge on any atom is -0.378 e. The molecule has 5 rings (SSSR count). The van der Waals surface area contributed by atoms with Crippen molar-refractivity contribution in [2.24, 2.45) is 11.8 Å². The number of nitrogens with one attached hydrogen (secondary N) is 2. The van der Waals surface area contributed by atoms with E-state index in [0.29, 0.717) is 35.5 Å². The molecule has 2 aromatic heterocycles. The third-order valence-corrected chi connectivity index (χ3v) is 6.33. The van der Waals surface area contributed by atoms with Crippen molar-refractivity contribution < 1.29 is 9.59 Å². The Labute approximate surface area is 191 Å². The van der Waals surface area contributed by atoms with Crippen molar-refractivity contribution in [3.63, 3.8) is 0 Å². The van der Waals surface area contributed by atoms with Gasteiger partial charge in [0, 0.05) is 44.6 Å². The molecule has 2 amide bonds. The lowest BCUT2D eigenvalue weighted by atomic mass is 9.99. The van der Waals surface area contributed by atoms with Gasteiger partial charge in [-0.1, -0.05) is 12.1 Å². The molecule has 1 saturated carbocycles. The van der Waals surface area contributed by atoms with Gasteiger partial charge in [0.15, 0.2) is 5.65 Å². The first-order valence-corrected chi connectivity index (χ1v) is 11.1. The van der Waals surface area contributed by atoms with Crippen LogP contribution in [-0.4, -0.2) is 64.9 Å². The number of nitriles is 1. The molecule has 3 heterocycles. The molecule has 9 nitrogen and oxygen atoms in total. The van der Waals surface area contributed by atoms with Gasteiger partial charge in [-0.2, -0.15) is 5.26 Å². The van der Waals surface area contributed by atoms with Crippen molar-refractivity contribution in [2.75, 3.05) is 32.1 Å². The summed E-state index contributed by atoms with van der Waals surface area (Å²) in [6.45, 7) is 0.867. The molecule has 168 valence electrons. The van der Waals surface area contributed by atoms with E-state index in [4.69, 9.17) is 10.2 Å². The zero-order valence-corrected chi connectivity index (χ0v) is 18.6. The van der Waals surface area contributed by atoms with E-state index in [1.54, 1.807) is 17.3 Å². The number of likely N-dealkylation sites (tertiary alicyclic amines) is 1. The van der Waals surface area contributed by atoms with Gasteiger partial charge in [-0.05, 0) is 30.9 Å². The summed E-state index contributed by atoms with van der Waals surface area (Å²) in [4.78, 5) is 41.9. The largest absolute Gasteiger partial charge is 0.378 e. The van der Waals surface area contributed by atoms with Gasteiger partial charge in [0.1, 0.15) is 11.6 Å². The Kier molecular flexibility index (Phi) is 5.21. The Balaban J connectivity index is 1.37. The van der Waals surface area contributed by atoms with Gasteiger partial charge in [-0.15, -0.1) is 0 Å². The number of benzene rings is 1. The number of aromatic nitrogens is 3. The van der Waals surface area contributed by atoms with Crippen LogP contribution >= 0.6 is 0 Å². The average molecular weight is 444 g/mol. The number of nitrogens with zero attached hydrogens (tertiary/aromatic N) is 5. The second-order valence-electron chi connectivity index (χ2n) is 8.95. The van der Waals surface area contributed by atoms with Crippen LogP contribution in [0, 0.1) is 23.2 Å². The second kappa shape index (κ2) is 8.20. The number of hydrogen-bond donors (Lipinski definition) is 2. The van der Waals surface area contributed by atoms with Crippen LogP contribution in [0.4, 0.5) is 5.69 Å². The summed E-state index contributed by atoms with van der Waals surface area (Å²) in [7, 11) is 3.96. The minimum atomic E-state index is -0.572. The Morgan fingerprint density at radius 3 is 2.61 bits per heavy atom. The van der Waals surface area contributed by atoms with Crippen molar-refractivity contribution in [1.82, 2.24) is 25.2 Å². The number of rotatable bonds is 6. The summed E-state index contributed by atoms with van der Waals surface area (Å²) in [5.41, 5.74) is 3.99. The fraction of sp³-hybridized carbons (Fsp3) is 0.375. The molecular weight excluding hydrogens is 418 g/mol. The second-order valence-corrected chi connectivity index (χ2v) is 8.95. The maximum absolute atomic E-state index is 13.2. The lowest BCUT2D eigenvalue weighted by molar-refractivity contribution is -0.138. The predicted octanol–water partition coefficient (Wildman–Crippen LogP) is 2.18. The first kappa shape index (κ1) is 20.9. The van der Waals surface area contributed by atoms with Crippen LogP contribution in [0.15, 0.2) is 36.7 Å². The van der Waals surface area contributed by atoms with Crippen molar-refractivity contribution in [3.05, 3.63) is 42.2 Å². The highest BCUT2D eigenvalue weighted by Crippen LogP contribution is 2.35. The smallest absolute Gasteiger partial charge is 0.255 e. The summed E-state index contributed by atoms with van der Waals surface area (Å²) >= 11 is 0. The number of anilines is 1. The van der Waals surface area contributed by atoms with Gasteiger partial charge in [0.05, 0.1) is 29.4 Å². The maximum Gasteiger partial charge on any atom is 0.255 e. The summed E-state index contributed by atoms with van der Waals surface area (Å²) < 4.78 is 0. The fourth-order valence-corrected chi connectivity index (χ4v) is 4.10. The van der Waals surface area contributed by atoms with E-state index < -0.39 is 6.04 Å². The third-order valence-electron chi connectivity index (χ3n) is 6.33. The Hall–Kier alpha value is -3.93. The van der Waals surface area contributed by atoms with Crippen LogP contribution in [0.5, 0.6) is 0 Å². The molecule has 33 heavy (non-hydrogen) atoms. The van der Waals surface area contributed by atoms with Crippen molar-refractivity contribution in [3.8, 4) is 17.3 Å². The van der Waals surface area contributed by atoms with Crippen LogP contribution < -0.4 is 10.2 Å². The van der Waals surface area contributed by atoms with E-state index in [0.717, 1.165) is 24.1 Å². The summed E-state index contributed by atoms with van der Waals surface area (Å²) in [6, 6.07) is 9.56. The Morgan fingerprint density at radius 1 is 1.24 bits per heavy atom. The van der Waals surface area contributed by atoms with E-state index in [-0.39, 0.29) is 23.7 Å². The van der Waals surface area contributed by atoms with Crippen molar-refractivity contribution in [1.29, 1.82) is 5.26 Å². The molecule has 1 aliphatic heterocycles. The summed E-state index contributed by atoms with van der Waals surface area (Å²) in [5.74, 6) is -0.425. The molecule has 2 aliphatic rings. The van der Waals surface area contributed by atoms with Crippen LogP contribution in [0.1, 0.15) is 23.2 Å². The van der Waals surface area contributed by atoms with Crippen LogP contribution in [0.3, 0.4) is 0 Å². The number of carbonyl (C=O) groups excluding carboxylic acids is 2.